The van der Waals surface area contributed by atoms with Crippen LogP contribution in [-0.2, 0) is 53.0 Å². The number of benzene rings is 3. The van der Waals surface area contributed by atoms with Gasteiger partial charge in [-0.15, -0.1) is 6.58 Å². The van der Waals surface area contributed by atoms with Crippen LogP contribution in [0.1, 0.15) is 65.2 Å². The molecule has 4 rings (SSSR count). The number of carbonyl (C=O) groups is 2. The third kappa shape index (κ3) is 12.9. The standard InChI is InChI=1S/C42H55NO9/c1-9-34(43(39(44)51-41(3,4)5)40(45)52-42(6,7)8)28-49-38-30(2)36(47-26-32-21-15-11-16-22-32)37(48-27-33-23-17-12-18-24-33)35(50-38)29-46-25-31-19-13-10-14-20-31/h9-24,30,34-38H,1,25-29H2,2-8H3/t30-,34-,35?,36?,37-,38+/m1/s1. The summed E-state index contributed by atoms with van der Waals surface area (Å²) in [6.07, 6.45) is -2.73. The first-order chi connectivity index (χ1) is 24.7. The molecule has 0 radical (unpaired) electrons. The fourth-order valence-electron chi connectivity index (χ4n) is 5.62. The topological polar surface area (TPSA) is 102 Å². The van der Waals surface area contributed by atoms with Crippen LogP contribution in [0.15, 0.2) is 104 Å². The third-order valence-corrected chi connectivity index (χ3v) is 8.13. The van der Waals surface area contributed by atoms with Crippen LogP contribution >= 0.6 is 0 Å². The molecule has 2 amide bonds. The summed E-state index contributed by atoms with van der Waals surface area (Å²) < 4.78 is 43.7. The van der Waals surface area contributed by atoms with E-state index in [2.05, 4.69) is 6.58 Å². The molecule has 52 heavy (non-hydrogen) atoms. The zero-order valence-electron chi connectivity index (χ0n) is 31.6. The van der Waals surface area contributed by atoms with Crippen LogP contribution in [0.3, 0.4) is 0 Å². The van der Waals surface area contributed by atoms with Crippen molar-refractivity contribution >= 4 is 12.2 Å². The highest BCUT2D eigenvalue weighted by atomic mass is 16.7. The van der Waals surface area contributed by atoms with Crippen molar-refractivity contribution in [1.29, 1.82) is 0 Å². The summed E-state index contributed by atoms with van der Waals surface area (Å²) in [4.78, 5) is 27.7. The Kier molecular flexibility index (Phi) is 15.0. The van der Waals surface area contributed by atoms with E-state index in [0.717, 1.165) is 21.6 Å². The number of carbonyl (C=O) groups excluding carboxylic acids is 2. The van der Waals surface area contributed by atoms with Crippen molar-refractivity contribution in [2.45, 2.75) is 110 Å². The van der Waals surface area contributed by atoms with Gasteiger partial charge in [0.2, 0.25) is 0 Å². The van der Waals surface area contributed by atoms with Gasteiger partial charge in [0.15, 0.2) is 6.29 Å². The summed E-state index contributed by atoms with van der Waals surface area (Å²) in [5, 5.41) is 0. The number of hydrogen-bond acceptors (Lipinski definition) is 9. The lowest BCUT2D eigenvalue weighted by Gasteiger charge is -2.45. The van der Waals surface area contributed by atoms with Crippen LogP contribution in [-0.4, -0.2) is 72.1 Å². The van der Waals surface area contributed by atoms with E-state index in [0.29, 0.717) is 19.8 Å². The van der Waals surface area contributed by atoms with Crippen LogP contribution in [0.5, 0.6) is 0 Å². The third-order valence-electron chi connectivity index (χ3n) is 8.13. The first-order valence-corrected chi connectivity index (χ1v) is 17.8. The average molecular weight is 718 g/mol. The molecule has 10 heteroatoms. The average Bonchev–Trinajstić information content (AvgIpc) is 3.09. The molecule has 1 saturated heterocycles. The first-order valence-electron chi connectivity index (χ1n) is 17.8. The molecule has 0 saturated carbocycles. The Labute approximate surface area is 308 Å². The Morgan fingerprint density at radius 3 is 1.60 bits per heavy atom. The summed E-state index contributed by atoms with van der Waals surface area (Å²) in [5.74, 6) is -0.350. The molecule has 1 aliphatic heterocycles. The molecule has 1 heterocycles. The maximum absolute atomic E-state index is 13.4. The smallest absolute Gasteiger partial charge is 0.420 e. The minimum atomic E-state index is -0.941. The number of rotatable bonds is 15. The summed E-state index contributed by atoms with van der Waals surface area (Å²) in [6, 6.07) is 28.8. The number of amides is 2. The number of hydrogen-bond donors (Lipinski definition) is 0. The molecule has 6 atom stereocenters. The lowest BCUT2D eigenvalue weighted by atomic mass is 9.91. The fourth-order valence-corrected chi connectivity index (χ4v) is 5.62. The maximum Gasteiger partial charge on any atom is 0.420 e. The van der Waals surface area contributed by atoms with Gasteiger partial charge in [0.25, 0.3) is 0 Å². The van der Waals surface area contributed by atoms with Gasteiger partial charge >= 0.3 is 12.2 Å². The predicted octanol–water partition coefficient (Wildman–Crippen LogP) is 8.48. The second-order valence-electron chi connectivity index (χ2n) is 14.9. The van der Waals surface area contributed by atoms with Crippen LogP contribution in [0.2, 0.25) is 0 Å². The van der Waals surface area contributed by atoms with Crippen molar-refractivity contribution in [3.05, 3.63) is 120 Å². The summed E-state index contributed by atoms with van der Waals surface area (Å²) >= 11 is 0. The summed E-state index contributed by atoms with van der Waals surface area (Å²) in [6.45, 7) is 17.3. The quantitative estimate of drug-likeness (QED) is 0.143. The van der Waals surface area contributed by atoms with E-state index < -0.39 is 54.0 Å². The van der Waals surface area contributed by atoms with Crippen molar-refractivity contribution in [3.63, 3.8) is 0 Å². The Morgan fingerprint density at radius 1 is 0.712 bits per heavy atom. The van der Waals surface area contributed by atoms with E-state index in [1.165, 1.54) is 6.08 Å². The molecule has 1 fully saturated rings. The molecule has 0 bridgehead atoms. The maximum atomic E-state index is 13.4. The second kappa shape index (κ2) is 19.1. The lowest BCUT2D eigenvalue weighted by Crippen LogP contribution is -2.58. The minimum Gasteiger partial charge on any atom is -0.443 e. The van der Waals surface area contributed by atoms with Gasteiger partial charge in [-0.1, -0.05) is 104 Å². The van der Waals surface area contributed by atoms with Gasteiger partial charge in [-0.3, -0.25) is 0 Å². The lowest BCUT2D eigenvalue weighted by molar-refractivity contribution is -0.303. The van der Waals surface area contributed by atoms with Crippen LogP contribution in [0.4, 0.5) is 9.59 Å². The molecule has 0 aliphatic carbocycles. The molecule has 0 N–H and O–H groups in total. The highest BCUT2D eigenvalue weighted by Crippen LogP contribution is 2.33. The van der Waals surface area contributed by atoms with E-state index in [1.54, 1.807) is 41.5 Å². The molecule has 0 spiro atoms. The summed E-state index contributed by atoms with van der Waals surface area (Å²) in [7, 11) is 0. The Balaban J connectivity index is 1.60. The first kappa shape index (κ1) is 40.7. The van der Waals surface area contributed by atoms with Crippen molar-refractivity contribution in [3.8, 4) is 0 Å². The molecule has 10 nitrogen and oxygen atoms in total. The zero-order chi connectivity index (χ0) is 37.7. The van der Waals surface area contributed by atoms with Crippen molar-refractivity contribution in [1.82, 2.24) is 4.90 Å². The highest BCUT2D eigenvalue weighted by Gasteiger charge is 2.47. The van der Waals surface area contributed by atoms with E-state index in [1.807, 2.05) is 97.9 Å². The fraction of sp³-hybridized carbons (Fsp3) is 0.476. The van der Waals surface area contributed by atoms with Crippen molar-refractivity contribution < 1.29 is 42.7 Å². The number of nitrogens with zero attached hydrogens (tertiary/aromatic N) is 1. The van der Waals surface area contributed by atoms with Gasteiger partial charge in [0, 0.05) is 5.92 Å². The molecule has 0 aromatic heterocycles. The largest absolute Gasteiger partial charge is 0.443 e. The normalized spacial score (nSPS) is 21.2. The van der Waals surface area contributed by atoms with Crippen LogP contribution in [0, 0.1) is 5.92 Å². The number of ether oxygens (including phenoxy) is 7. The highest BCUT2D eigenvalue weighted by molar-refractivity contribution is 5.89. The van der Waals surface area contributed by atoms with Gasteiger partial charge in [-0.2, -0.15) is 0 Å². The van der Waals surface area contributed by atoms with E-state index in [4.69, 9.17) is 33.2 Å². The molecule has 1 aliphatic rings. The van der Waals surface area contributed by atoms with Gasteiger partial charge in [0.1, 0.15) is 23.4 Å². The molecule has 3 aromatic carbocycles. The van der Waals surface area contributed by atoms with Crippen molar-refractivity contribution in [2.24, 2.45) is 5.92 Å². The monoisotopic (exact) mass is 717 g/mol. The SMILES string of the molecule is C=C[C@H](CO[C@H]1OC(COCc2ccccc2)[C@@H](OCc2ccccc2)C(OCc2ccccc2)[C@H]1C)N(C(=O)OC(C)(C)C)C(=O)OC(C)(C)C. The molecule has 282 valence electrons. The molecule has 2 unspecified atom stereocenters. The second-order valence-corrected chi connectivity index (χ2v) is 14.9. The van der Waals surface area contributed by atoms with Gasteiger partial charge in [-0.05, 0) is 58.2 Å². The molecule has 3 aromatic rings. The van der Waals surface area contributed by atoms with Gasteiger partial charge < -0.3 is 33.2 Å². The Hall–Kier alpha value is -4.06. The minimum absolute atomic E-state index is 0.143. The van der Waals surface area contributed by atoms with E-state index in [9.17, 15) is 9.59 Å². The van der Waals surface area contributed by atoms with E-state index >= 15 is 0 Å². The molecular weight excluding hydrogens is 662 g/mol. The van der Waals surface area contributed by atoms with Gasteiger partial charge in [-0.25, -0.2) is 14.5 Å². The Morgan fingerprint density at radius 2 is 1.15 bits per heavy atom. The Bertz CT molecular complexity index is 1490. The van der Waals surface area contributed by atoms with Crippen molar-refractivity contribution in [2.75, 3.05) is 13.2 Å². The van der Waals surface area contributed by atoms with Crippen LogP contribution in [0.25, 0.3) is 0 Å². The predicted molar refractivity (Wildman–Crippen MR) is 198 cm³/mol. The summed E-state index contributed by atoms with van der Waals surface area (Å²) in [5.41, 5.74) is 1.31. The zero-order valence-corrected chi connectivity index (χ0v) is 31.6. The van der Waals surface area contributed by atoms with E-state index in [-0.39, 0.29) is 19.1 Å². The van der Waals surface area contributed by atoms with Crippen LogP contribution < -0.4 is 0 Å². The number of imide groups is 1. The molecular formula is C42H55NO9. The van der Waals surface area contributed by atoms with Gasteiger partial charge in [0.05, 0.1) is 45.2 Å².